The standard InChI is InChI=1S/C10H11N3O2/c1-7-12-13-10(15-7)9-5-8(6-14-2)3-4-11-9/h3-5H,6H2,1-2H3. The van der Waals surface area contributed by atoms with E-state index in [2.05, 4.69) is 15.2 Å². The third-order valence-electron chi connectivity index (χ3n) is 1.88. The molecule has 0 saturated carbocycles. The molecule has 0 N–H and O–H groups in total. The second-order valence-corrected chi connectivity index (χ2v) is 3.11. The van der Waals surface area contributed by atoms with Crippen molar-refractivity contribution in [2.75, 3.05) is 7.11 Å². The van der Waals surface area contributed by atoms with Gasteiger partial charge in [-0.1, -0.05) is 0 Å². The quantitative estimate of drug-likeness (QED) is 0.761. The van der Waals surface area contributed by atoms with Crippen molar-refractivity contribution in [2.45, 2.75) is 13.5 Å². The highest BCUT2D eigenvalue weighted by Gasteiger charge is 2.07. The van der Waals surface area contributed by atoms with E-state index in [-0.39, 0.29) is 0 Å². The number of rotatable bonds is 3. The lowest BCUT2D eigenvalue weighted by Crippen LogP contribution is -1.90. The minimum Gasteiger partial charge on any atom is -0.420 e. The minimum atomic E-state index is 0.436. The van der Waals surface area contributed by atoms with Crippen LogP contribution in [0.5, 0.6) is 0 Å². The zero-order valence-electron chi connectivity index (χ0n) is 8.60. The Balaban J connectivity index is 2.32. The van der Waals surface area contributed by atoms with Gasteiger partial charge in [-0.15, -0.1) is 10.2 Å². The molecule has 5 nitrogen and oxygen atoms in total. The molecular formula is C10H11N3O2. The number of nitrogens with zero attached hydrogens (tertiary/aromatic N) is 3. The fourth-order valence-corrected chi connectivity index (χ4v) is 1.25. The summed E-state index contributed by atoms with van der Waals surface area (Å²) in [5, 5.41) is 7.65. The zero-order valence-corrected chi connectivity index (χ0v) is 8.60. The van der Waals surface area contributed by atoms with Gasteiger partial charge in [0.1, 0.15) is 5.69 Å². The lowest BCUT2D eigenvalue weighted by molar-refractivity contribution is 0.185. The summed E-state index contributed by atoms with van der Waals surface area (Å²) in [6, 6.07) is 3.76. The molecule has 0 aliphatic heterocycles. The van der Waals surface area contributed by atoms with Crippen molar-refractivity contribution in [3.05, 3.63) is 29.8 Å². The van der Waals surface area contributed by atoms with Crippen LogP contribution < -0.4 is 0 Å². The smallest absolute Gasteiger partial charge is 0.266 e. The molecule has 0 spiro atoms. The molecule has 0 unspecified atom stereocenters. The van der Waals surface area contributed by atoms with Crippen molar-refractivity contribution in [3.63, 3.8) is 0 Å². The highest BCUT2D eigenvalue weighted by Crippen LogP contribution is 2.16. The maximum atomic E-state index is 5.28. The third-order valence-corrected chi connectivity index (χ3v) is 1.88. The van der Waals surface area contributed by atoms with Gasteiger partial charge in [0, 0.05) is 20.2 Å². The predicted octanol–water partition coefficient (Wildman–Crippen LogP) is 1.59. The van der Waals surface area contributed by atoms with Gasteiger partial charge in [0.05, 0.1) is 6.61 Å². The van der Waals surface area contributed by atoms with Crippen molar-refractivity contribution in [2.24, 2.45) is 0 Å². The van der Waals surface area contributed by atoms with Crippen LogP contribution >= 0.6 is 0 Å². The second-order valence-electron chi connectivity index (χ2n) is 3.11. The molecule has 2 heterocycles. The van der Waals surface area contributed by atoms with Gasteiger partial charge in [-0.3, -0.25) is 4.98 Å². The number of ether oxygens (including phenoxy) is 1. The van der Waals surface area contributed by atoms with Crippen LogP contribution in [0.1, 0.15) is 11.5 Å². The lowest BCUT2D eigenvalue weighted by Gasteiger charge is -1.99. The van der Waals surface area contributed by atoms with Crippen molar-refractivity contribution in [1.82, 2.24) is 15.2 Å². The van der Waals surface area contributed by atoms with E-state index < -0.39 is 0 Å². The Morgan fingerprint density at radius 2 is 2.27 bits per heavy atom. The maximum Gasteiger partial charge on any atom is 0.266 e. The summed E-state index contributed by atoms with van der Waals surface area (Å²) in [5.74, 6) is 0.967. The number of aromatic nitrogens is 3. The van der Waals surface area contributed by atoms with Crippen LogP contribution in [0, 0.1) is 6.92 Å². The summed E-state index contributed by atoms with van der Waals surface area (Å²) >= 11 is 0. The molecule has 0 atom stereocenters. The molecule has 0 bridgehead atoms. The van der Waals surface area contributed by atoms with Gasteiger partial charge in [0.2, 0.25) is 5.89 Å². The predicted molar refractivity (Wildman–Crippen MR) is 53.0 cm³/mol. The largest absolute Gasteiger partial charge is 0.420 e. The topological polar surface area (TPSA) is 61.0 Å². The summed E-state index contributed by atoms with van der Waals surface area (Å²) in [7, 11) is 1.65. The van der Waals surface area contributed by atoms with Crippen molar-refractivity contribution in [1.29, 1.82) is 0 Å². The average Bonchev–Trinajstić information content (AvgIpc) is 2.66. The molecule has 0 fully saturated rings. The summed E-state index contributed by atoms with van der Waals surface area (Å²) in [6.45, 7) is 2.29. The Labute approximate surface area is 87.1 Å². The van der Waals surface area contributed by atoms with E-state index in [0.717, 1.165) is 5.56 Å². The summed E-state index contributed by atoms with van der Waals surface area (Å²) in [6.07, 6.45) is 1.70. The molecule has 15 heavy (non-hydrogen) atoms. The van der Waals surface area contributed by atoms with Crippen LogP contribution in [0.3, 0.4) is 0 Å². The van der Waals surface area contributed by atoms with Crippen LogP contribution in [-0.2, 0) is 11.3 Å². The van der Waals surface area contributed by atoms with Crippen LogP contribution in [0.15, 0.2) is 22.7 Å². The van der Waals surface area contributed by atoms with E-state index in [9.17, 15) is 0 Å². The van der Waals surface area contributed by atoms with Gasteiger partial charge in [0.15, 0.2) is 0 Å². The Morgan fingerprint density at radius 1 is 1.40 bits per heavy atom. The first-order valence-corrected chi connectivity index (χ1v) is 4.54. The highest BCUT2D eigenvalue weighted by atomic mass is 16.5. The molecule has 0 radical (unpaired) electrons. The van der Waals surface area contributed by atoms with Crippen molar-refractivity contribution >= 4 is 0 Å². The summed E-state index contributed by atoms with van der Waals surface area (Å²) in [5.41, 5.74) is 1.70. The van der Waals surface area contributed by atoms with Crippen LogP contribution in [0.4, 0.5) is 0 Å². The molecule has 0 aliphatic carbocycles. The first-order chi connectivity index (χ1) is 7.29. The maximum absolute atomic E-state index is 5.28. The Morgan fingerprint density at radius 3 is 2.93 bits per heavy atom. The fourth-order valence-electron chi connectivity index (χ4n) is 1.25. The molecule has 0 amide bonds. The summed E-state index contributed by atoms with van der Waals surface area (Å²) in [4.78, 5) is 4.15. The normalized spacial score (nSPS) is 10.5. The van der Waals surface area contributed by atoms with E-state index in [4.69, 9.17) is 9.15 Å². The van der Waals surface area contributed by atoms with E-state index in [1.807, 2.05) is 12.1 Å². The third kappa shape index (κ3) is 2.19. The Hall–Kier alpha value is -1.75. The highest BCUT2D eigenvalue weighted by molar-refractivity contribution is 5.47. The zero-order chi connectivity index (χ0) is 10.7. The molecular weight excluding hydrogens is 194 g/mol. The Kier molecular flexibility index (Phi) is 2.73. The lowest BCUT2D eigenvalue weighted by atomic mass is 10.2. The van der Waals surface area contributed by atoms with Crippen molar-refractivity contribution in [3.8, 4) is 11.6 Å². The van der Waals surface area contributed by atoms with E-state index in [0.29, 0.717) is 24.1 Å². The van der Waals surface area contributed by atoms with Gasteiger partial charge >= 0.3 is 0 Å². The molecule has 2 aromatic heterocycles. The van der Waals surface area contributed by atoms with Crippen LogP contribution in [0.2, 0.25) is 0 Å². The van der Waals surface area contributed by atoms with Gasteiger partial charge in [0.25, 0.3) is 5.89 Å². The summed E-state index contributed by atoms with van der Waals surface area (Å²) < 4.78 is 10.3. The minimum absolute atomic E-state index is 0.436. The SMILES string of the molecule is COCc1ccnc(-c2nnc(C)o2)c1. The molecule has 5 heteroatoms. The van der Waals surface area contributed by atoms with Gasteiger partial charge in [-0.25, -0.2) is 0 Å². The molecule has 0 aromatic carbocycles. The fraction of sp³-hybridized carbons (Fsp3) is 0.300. The molecule has 2 rings (SSSR count). The number of aryl methyl sites for hydroxylation is 1. The number of hydrogen-bond acceptors (Lipinski definition) is 5. The van der Waals surface area contributed by atoms with Crippen molar-refractivity contribution < 1.29 is 9.15 Å². The molecule has 2 aromatic rings. The van der Waals surface area contributed by atoms with Crippen LogP contribution in [-0.4, -0.2) is 22.3 Å². The monoisotopic (exact) mass is 205 g/mol. The average molecular weight is 205 g/mol. The van der Waals surface area contributed by atoms with Gasteiger partial charge < -0.3 is 9.15 Å². The number of pyridine rings is 1. The van der Waals surface area contributed by atoms with E-state index in [1.54, 1.807) is 20.2 Å². The van der Waals surface area contributed by atoms with Gasteiger partial charge in [-0.2, -0.15) is 0 Å². The van der Waals surface area contributed by atoms with E-state index in [1.165, 1.54) is 0 Å². The first kappa shape index (κ1) is 9.79. The van der Waals surface area contributed by atoms with Crippen LogP contribution in [0.25, 0.3) is 11.6 Å². The Bertz CT molecular complexity index is 453. The number of methoxy groups -OCH3 is 1. The van der Waals surface area contributed by atoms with E-state index >= 15 is 0 Å². The molecule has 78 valence electrons. The number of hydrogen-bond donors (Lipinski definition) is 0. The second kappa shape index (κ2) is 4.18. The van der Waals surface area contributed by atoms with Gasteiger partial charge in [-0.05, 0) is 17.7 Å². The molecule has 0 aliphatic rings. The molecule has 0 saturated heterocycles. The first-order valence-electron chi connectivity index (χ1n) is 4.54.